The number of thioether (sulfide) groups is 1. The zero-order valence-corrected chi connectivity index (χ0v) is 14.7. The van der Waals surface area contributed by atoms with Crippen LogP contribution in [0.25, 0.3) is 0 Å². The molecule has 6 heteroatoms. The highest BCUT2D eigenvalue weighted by molar-refractivity contribution is 7.99. The number of carbonyl (C=O) groups excluding carboxylic acids is 2. The van der Waals surface area contributed by atoms with Crippen LogP contribution < -0.4 is 10.6 Å². The van der Waals surface area contributed by atoms with Gasteiger partial charge in [0.05, 0.1) is 23.6 Å². The van der Waals surface area contributed by atoms with Gasteiger partial charge in [0.2, 0.25) is 5.91 Å². The van der Waals surface area contributed by atoms with Crippen molar-refractivity contribution in [2.24, 2.45) is 0 Å². The minimum atomic E-state index is -0.213. The molecule has 25 heavy (non-hydrogen) atoms. The number of nitrogens with one attached hydrogen (secondary N) is 2. The lowest BCUT2D eigenvalue weighted by Gasteiger charge is -2.11. The normalized spacial score (nSPS) is 10.3. The quantitative estimate of drug-likeness (QED) is 0.601. The van der Waals surface area contributed by atoms with Crippen LogP contribution in [0.1, 0.15) is 15.9 Å². The van der Waals surface area contributed by atoms with Crippen LogP contribution in [0.3, 0.4) is 0 Å². The minimum Gasteiger partial charge on any atom is -0.396 e. The van der Waals surface area contributed by atoms with E-state index in [1.807, 2.05) is 30.3 Å². The van der Waals surface area contributed by atoms with Crippen molar-refractivity contribution in [1.82, 2.24) is 5.32 Å². The molecule has 0 fully saturated rings. The third kappa shape index (κ3) is 6.60. The second kappa shape index (κ2) is 10.5. The lowest BCUT2D eigenvalue weighted by Crippen LogP contribution is -2.27. The van der Waals surface area contributed by atoms with Crippen LogP contribution in [-0.2, 0) is 11.2 Å². The number of aliphatic hydroxyl groups is 1. The van der Waals surface area contributed by atoms with Crippen molar-refractivity contribution >= 4 is 29.3 Å². The number of hydrogen-bond acceptors (Lipinski definition) is 4. The molecule has 0 saturated carbocycles. The van der Waals surface area contributed by atoms with Gasteiger partial charge in [-0.15, -0.1) is 11.8 Å². The Bertz CT molecular complexity index is 692. The summed E-state index contributed by atoms with van der Waals surface area (Å²) in [6.45, 7) is 0.565. The molecule has 5 nitrogen and oxygen atoms in total. The first-order valence-electron chi connectivity index (χ1n) is 8.10. The van der Waals surface area contributed by atoms with Gasteiger partial charge >= 0.3 is 0 Å². The van der Waals surface area contributed by atoms with Gasteiger partial charge in [-0.1, -0.05) is 42.5 Å². The van der Waals surface area contributed by atoms with Crippen LogP contribution in [0, 0.1) is 0 Å². The first-order chi connectivity index (χ1) is 12.2. The van der Waals surface area contributed by atoms with Gasteiger partial charge in [-0.2, -0.15) is 0 Å². The molecule has 0 aromatic heterocycles. The highest BCUT2D eigenvalue weighted by Crippen LogP contribution is 2.15. The lowest BCUT2D eigenvalue weighted by molar-refractivity contribution is -0.113. The Morgan fingerprint density at radius 1 is 1.00 bits per heavy atom. The van der Waals surface area contributed by atoms with Crippen molar-refractivity contribution in [3.05, 3.63) is 65.7 Å². The number of benzene rings is 2. The summed E-state index contributed by atoms with van der Waals surface area (Å²) in [5.74, 6) is 0.345. The molecule has 0 heterocycles. The van der Waals surface area contributed by atoms with Crippen molar-refractivity contribution in [2.75, 3.05) is 30.0 Å². The Labute approximate surface area is 151 Å². The molecule has 2 aromatic rings. The van der Waals surface area contributed by atoms with E-state index in [1.165, 1.54) is 11.8 Å². The lowest BCUT2D eigenvalue weighted by atomic mass is 10.1. The fourth-order valence-electron chi connectivity index (χ4n) is 2.27. The van der Waals surface area contributed by atoms with Crippen LogP contribution in [0.15, 0.2) is 54.6 Å². The third-order valence-electron chi connectivity index (χ3n) is 3.46. The molecular weight excluding hydrogens is 336 g/mol. The molecule has 0 unspecified atom stereocenters. The summed E-state index contributed by atoms with van der Waals surface area (Å²) in [6.07, 6.45) is 0.749. The molecule has 0 aliphatic rings. The summed E-state index contributed by atoms with van der Waals surface area (Å²) in [4.78, 5) is 24.3. The Hall–Kier alpha value is -2.31. The van der Waals surface area contributed by atoms with E-state index >= 15 is 0 Å². The van der Waals surface area contributed by atoms with E-state index in [1.54, 1.807) is 24.3 Å². The van der Waals surface area contributed by atoms with Gasteiger partial charge in [0.15, 0.2) is 0 Å². The number of amides is 2. The summed E-state index contributed by atoms with van der Waals surface area (Å²) in [6, 6.07) is 16.9. The van der Waals surface area contributed by atoms with Crippen LogP contribution in [0.5, 0.6) is 0 Å². The summed E-state index contributed by atoms with van der Waals surface area (Å²) >= 11 is 1.34. The Balaban J connectivity index is 1.89. The van der Waals surface area contributed by atoms with Gasteiger partial charge in [-0.3, -0.25) is 9.59 Å². The van der Waals surface area contributed by atoms with E-state index in [2.05, 4.69) is 10.6 Å². The van der Waals surface area contributed by atoms with Gasteiger partial charge in [0.1, 0.15) is 0 Å². The summed E-state index contributed by atoms with van der Waals surface area (Å²) in [7, 11) is 0. The van der Waals surface area contributed by atoms with Crippen molar-refractivity contribution in [1.29, 1.82) is 0 Å². The maximum Gasteiger partial charge on any atom is 0.253 e. The molecule has 2 aromatic carbocycles. The monoisotopic (exact) mass is 358 g/mol. The molecule has 0 aliphatic heterocycles. The van der Waals surface area contributed by atoms with Gasteiger partial charge in [-0.25, -0.2) is 0 Å². The summed E-state index contributed by atoms with van der Waals surface area (Å²) in [5.41, 5.74) is 2.09. The van der Waals surface area contributed by atoms with Crippen LogP contribution in [-0.4, -0.2) is 41.6 Å². The van der Waals surface area contributed by atoms with Crippen molar-refractivity contribution < 1.29 is 14.7 Å². The molecule has 0 bridgehead atoms. The fraction of sp³-hybridized carbons (Fsp3) is 0.263. The van der Waals surface area contributed by atoms with E-state index in [4.69, 9.17) is 5.11 Å². The second-order valence-electron chi connectivity index (χ2n) is 5.36. The minimum absolute atomic E-state index is 0.0400. The molecule has 3 N–H and O–H groups in total. The van der Waals surface area contributed by atoms with Gasteiger partial charge in [0, 0.05) is 12.3 Å². The summed E-state index contributed by atoms with van der Waals surface area (Å²) in [5, 5.41) is 14.4. The van der Waals surface area contributed by atoms with E-state index in [9.17, 15) is 9.59 Å². The van der Waals surface area contributed by atoms with E-state index < -0.39 is 0 Å². The SMILES string of the molecule is O=C(CSCCO)Nc1ccccc1C(=O)NCCc1ccccc1. The van der Waals surface area contributed by atoms with Gasteiger partial charge in [-0.05, 0) is 24.1 Å². The molecule has 2 rings (SSSR count). The average molecular weight is 358 g/mol. The molecular formula is C19H22N2O3S. The number of carbonyl (C=O) groups is 2. The zero-order chi connectivity index (χ0) is 17.9. The van der Waals surface area contributed by atoms with E-state index in [-0.39, 0.29) is 24.2 Å². The van der Waals surface area contributed by atoms with Crippen molar-refractivity contribution in [3.8, 4) is 0 Å². The van der Waals surface area contributed by atoms with E-state index in [0.29, 0.717) is 23.5 Å². The molecule has 2 amide bonds. The van der Waals surface area contributed by atoms with Crippen LogP contribution in [0.2, 0.25) is 0 Å². The number of para-hydroxylation sites is 1. The van der Waals surface area contributed by atoms with Gasteiger partial charge < -0.3 is 15.7 Å². The Kier molecular flexibility index (Phi) is 8.01. The Morgan fingerprint density at radius 2 is 1.72 bits per heavy atom. The summed E-state index contributed by atoms with van der Waals surface area (Å²) < 4.78 is 0. The molecule has 0 aliphatic carbocycles. The predicted molar refractivity (Wildman–Crippen MR) is 102 cm³/mol. The number of rotatable bonds is 9. The number of hydrogen-bond donors (Lipinski definition) is 3. The highest BCUT2D eigenvalue weighted by Gasteiger charge is 2.12. The zero-order valence-electron chi connectivity index (χ0n) is 13.9. The fourth-order valence-corrected chi connectivity index (χ4v) is 2.80. The van der Waals surface area contributed by atoms with Gasteiger partial charge in [0.25, 0.3) is 5.91 Å². The molecule has 0 atom stereocenters. The molecule has 0 radical (unpaired) electrons. The second-order valence-corrected chi connectivity index (χ2v) is 6.47. The largest absolute Gasteiger partial charge is 0.396 e. The topological polar surface area (TPSA) is 78.4 Å². The maximum absolute atomic E-state index is 12.4. The predicted octanol–water partition coefficient (Wildman–Crippen LogP) is 2.32. The first kappa shape index (κ1) is 19.0. The first-order valence-corrected chi connectivity index (χ1v) is 9.26. The van der Waals surface area contributed by atoms with Crippen molar-refractivity contribution in [2.45, 2.75) is 6.42 Å². The standard InChI is InChI=1S/C19H22N2O3S/c22-12-13-25-14-18(23)21-17-9-5-4-8-16(17)19(24)20-11-10-15-6-2-1-3-7-15/h1-9,22H,10-14H2,(H,20,24)(H,21,23). The smallest absolute Gasteiger partial charge is 0.253 e. The number of aliphatic hydroxyl groups excluding tert-OH is 1. The third-order valence-corrected chi connectivity index (χ3v) is 4.39. The number of anilines is 1. The van der Waals surface area contributed by atoms with Crippen LogP contribution in [0.4, 0.5) is 5.69 Å². The van der Waals surface area contributed by atoms with E-state index in [0.717, 1.165) is 12.0 Å². The van der Waals surface area contributed by atoms with Crippen LogP contribution >= 0.6 is 11.8 Å². The molecule has 0 saturated heterocycles. The molecule has 0 spiro atoms. The molecule has 132 valence electrons. The highest BCUT2D eigenvalue weighted by atomic mass is 32.2. The maximum atomic E-state index is 12.4. The average Bonchev–Trinajstić information content (AvgIpc) is 2.63. The van der Waals surface area contributed by atoms with Crippen molar-refractivity contribution in [3.63, 3.8) is 0 Å². The Morgan fingerprint density at radius 3 is 2.48 bits per heavy atom.